The molecule has 1 spiro atoms. The number of hydrogen-bond acceptors (Lipinski definition) is 9. The van der Waals surface area contributed by atoms with Crippen molar-refractivity contribution in [3.05, 3.63) is 24.0 Å². The van der Waals surface area contributed by atoms with Crippen LogP contribution in [0.15, 0.2) is 24.0 Å². The summed E-state index contributed by atoms with van der Waals surface area (Å²) in [6.07, 6.45) is 5.93. The molecule has 0 aromatic heterocycles. The van der Waals surface area contributed by atoms with Gasteiger partial charge in [0.2, 0.25) is 6.29 Å². The van der Waals surface area contributed by atoms with Crippen LogP contribution in [0.4, 0.5) is 0 Å². The molecular formula is C26H34O9. The molecule has 0 radical (unpaired) electrons. The lowest BCUT2D eigenvalue weighted by molar-refractivity contribution is -0.228. The van der Waals surface area contributed by atoms with Crippen LogP contribution in [0.1, 0.15) is 53.9 Å². The largest absolute Gasteiger partial charge is 0.472 e. The highest BCUT2D eigenvalue weighted by molar-refractivity contribution is 5.68. The summed E-state index contributed by atoms with van der Waals surface area (Å²) in [7, 11) is 0. The van der Waals surface area contributed by atoms with Gasteiger partial charge in [-0.2, -0.15) is 0 Å². The molecule has 3 fully saturated rings. The summed E-state index contributed by atoms with van der Waals surface area (Å²) in [4.78, 5) is 36.4. The van der Waals surface area contributed by atoms with Crippen LogP contribution in [-0.2, 0) is 42.8 Å². The van der Waals surface area contributed by atoms with Gasteiger partial charge >= 0.3 is 17.9 Å². The Morgan fingerprint density at radius 2 is 1.80 bits per heavy atom. The van der Waals surface area contributed by atoms with E-state index >= 15 is 0 Å². The van der Waals surface area contributed by atoms with E-state index in [0.717, 1.165) is 12.0 Å². The van der Waals surface area contributed by atoms with Crippen LogP contribution in [0.25, 0.3) is 0 Å². The molecule has 3 aliphatic heterocycles. The maximum Gasteiger partial charge on any atom is 0.303 e. The van der Waals surface area contributed by atoms with Gasteiger partial charge in [-0.1, -0.05) is 12.5 Å². The number of esters is 3. The van der Waals surface area contributed by atoms with Gasteiger partial charge < -0.3 is 28.4 Å². The van der Waals surface area contributed by atoms with Crippen molar-refractivity contribution in [3.63, 3.8) is 0 Å². The molecule has 5 aliphatic rings. The van der Waals surface area contributed by atoms with Gasteiger partial charge in [0, 0.05) is 32.1 Å². The third-order valence-electron chi connectivity index (χ3n) is 9.04. The standard InChI is InChI=1S/C26H34O9/c1-14-10-22(34-17(4)29)25(12-31-15(2)27)19(6-7-20(33-16(3)28)26(25)13-32-26)24(14,5)21-11-18-8-9-30-23(18)35-21/h8-10,18-23H,6-7,11-13H2,1-5H3/t18-,19-,20+,21+,22+,23+,24+,25+,26-/m1/s1. The summed E-state index contributed by atoms with van der Waals surface area (Å²) in [5, 5.41) is 0. The summed E-state index contributed by atoms with van der Waals surface area (Å²) in [5.41, 5.74) is -1.35. The Bertz CT molecular complexity index is 981. The normalized spacial score (nSPS) is 45.1. The maximum absolute atomic E-state index is 12.3. The zero-order chi connectivity index (χ0) is 25.2. The van der Waals surface area contributed by atoms with E-state index in [1.807, 2.05) is 19.1 Å². The second-order valence-corrected chi connectivity index (χ2v) is 10.7. The van der Waals surface area contributed by atoms with Gasteiger partial charge in [-0.05, 0) is 44.3 Å². The van der Waals surface area contributed by atoms with Crippen molar-refractivity contribution in [2.45, 2.75) is 84.1 Å². The van der Waals surface area contributed by atoms with E-state index in [0.29, 0.717) is 19.4 Å². The number of rotatable bonds is 5. The van der Waals surface area contributed by atoms with E-state index < -0.39 is 46.5 Å². The van der Waals surface area contributed by atoms with Crippen LogP contribution in [-0.4, -0.2) is 61.3 Å². The summed E-state index contributed by atoms with van der Waals surface area (Å²) < 4.78 is 35.6. The maximum atomic E-state index is 12.3. The Morgan fingerprint density at radius 1 is 1.09 bits per heavy atom. The highest BCUT2D eigenvalue weighted by Crippen LogP contribution is 2.69. The predicted octanol–water partition coefficient (Wildman–Crippen LogP) is 2.82. The molecule has 9 atom stereocenters. The lowest BCUT2D eigenvalue weighted by atomic mass is 9.44. The molecule has 2 aliphatic carbocycles. The minimum absolute atomic E-state index is 0.0297. The van der Waals surface area contributed by atoms with Gasteiger partial charge in [0.15, 0.2) is 0 Å². The Morgan fingerprint density at radius 3 is 2.40 bits per heavy atom. The molecule has 5 rings (SSSR count). The van der Waals surface area contributed by atoms with Crippen molar-refractivity contribution in [2.24, 2.45) is 22.7 Å². The Labute approximate surface area is 205 Å². The van der Waals surface area contributed by atoms with Crippen LogP contribution < -0.4 is 0 Å². The molecule has 192 valence electrons. The fraction of sp³-hybridized carbons (Fsp3) is 0.731. The number of fused-ring (bicyclic) bond motifs is 3. The smallest absolute Gasteiger partial charge is 0.303 e. The summed E-state index contributed by atoms with van der Waals surface area (Å²) in [6, 6.07) is 0. The van der Waals surface area contributed by atoms with E-state index in [-0.39, 0.29) is 30.8 Å². The van der Waals surface area contributed by atoms with Crippen molar-refractivity contribution in [1.82, 2.24) is 0 Å². The number of carbonyl (C=O) groups is 3. The van der Waals surface area contributed by atoms with Crippen LogP contribution in [0, 0.1) is 22.7 Å². The van der Waals surface area contributed by atoms with Crippen molar-refractivity contribution >= 4 is 17.9 Å². The van der Waals surface area contributed by atoms with Gasteiger partial charge in [0.1, 0.15) is 24.4 Å². The average Bonchev–Trinajstić information content (AvgIpc) is 3.26. The highest BCUT2D eigenvalue weighted by atomic mass is 16.7. The summed E-state index contributed by atoms with van der Waals surface area (Å²) in [5.74, 6) is -1.27. The first-order valence-electron chi connectivity index (χ1n) is 12.3. The van der Waals surface area contributed by atoms with Gasteiger partial charge in [-0.3, -0.25) is 14.4 Å². The molecular weight excluding hydrogens is 456 g/mol. The first kappa shape index (κ1) is 24.3. The molecule has 9 heteroatoms. The van der Waals surface area contributed by atoms with E-state index in [9.17, 15) is 14.4 Å². The molecule has 0 bridgehead atoms. The van der Waals surface area contributed by atoms with Crippen molar-refractivity contribution in [1.29, 1.82) is 0 Å². The number of ether oxygens (including phenoxy) is 6. The Kier molecular flexibility index (Phi) is 5.79. The molecule has 3 heterocycles. The van der Waals surface area contributed by atoms with Gasteiger partial charge in [0.25, 0.3) is 0 Å². The SMILES string of the molecule is CC(=O)OC[C@@]12[C@@H](OC(C)=O)C=C(C)[C@](C)([C@@H]3C[C@H]4C=CO[C@H]4O3)[C@H]1CC[C@H](OC(C)=O)[C@]21CO1. The molecule has 0 aromatic carbocycles. The molecule has 0 amide bonds. The van der Waals surface area contributed by atoms with E-state index in [1.165, 1.54) is 20.8 Å². The van der Waals surface area contributed by atoms with Gasteiger partial charge in [-0.15, -0.1) is 0 Å². The van der Waals surface area contributed by atoms with Crippen molar-refractivity contribution < 1.29 is 42.8 Å². The molecule has 2 saturated heterocycles. The third-order valence-corrected chi connectivity index (χ3v) is 9.04. The lowest BCUT2D eigenvalue weighted by Gasteiger charge is -2.61. The fourth-order valence-electron chi connectivity index (χ4n) is 7.31. The molecule has 9 nitrogen and oxygen atoms in total. The van der Waals surface area contributed by atoms with E-state index in [2.05, 4.69) is 6.92 Å². The fourth-order valence-corrected chi connectivity index (χ4v) is 7.31. The van der Waals surface area contributed by atoms with Crippen LogP contribution in [0.3, 0.4) is 0 Å². The number of carbonyl (C=O) groups excluding carboxylic acids is 3. The third kappa shape index (κ3) is 3.53. The Balaban J connectivity index is 1.65. The van der Waals surface area contributed by atoms with Crippen molar-refractivity contribution in [3.8, 4) is 0 Å². The topological polar surface area (TPSA) is 110 Å². The van der Waals surface area contributed by atoms with Crippen molar-refractivity contribution in [2.75, 3.05) is 13.2 Å². The number of epoxide rings is 1. The molecule has 1 saturated carbocycles. The first-order valence-corrected chi connectivity index (χ1v) is 12.3. The zero-order valence-corrected chi connectivity index (χ0v) is 20.9. The summed E-state index contributed by atoms with van der Waals surface area (Å²) in [6.45, 7) is 8.59. The summed E-state index contributed by atoms with van der Waals surface area (Å²) >= 11 is 0. The molecule has 35 heavy (non-hydrogen) atoms. The van der Waals surface area contributed by atoms with Gasteiger partial charge in [0.05, 0.1) is 24.4 Å². The van der Waals surface area contributed by atoms with Crippen LogP contribution >= 0.6 is 0 Å². The van der Waals surface area contributed by atoms with E-state index in [4.69, 9.17) is 28.4 Å². The second kappa shape index (κ2) is 8.34. The highest BCUT2D eigenvalue weighted by Gasteiger charge is 2.79. The minimum atomic E-state index is -0.964. The average molecular weight is 491 g/mol. The second-order valence-electron chi connectivity index (χ2n) is 10.7. The van der Waals surface area contributed by atoms with Crippen LogP contribution in [0.2, 0.25) is 0 Å². The first-order chi connectivity index (χ1) is 16.5. The lowest BCUT2D eigenvalue weighted by Crippen LogP contribution is -2.70. The zero-order valence-electron chi connectivity index (χ0n) is 20.9. The Hall–Kier alpha value is -2.39. The number of hydrogen-bond donors (Lipinski definition) is 0. The molecule has 0 unspecified atom stereocenters. The predicted molar refractivity (Wildman–Crippen MR) is 120 cm³/mol. The van der Waals surface area contributed by atoms with E-state index in [1.54, 1.807) is 6.26 Å². The van der Waals surface area contributed by atoms with Gasteiger partial charge in [-0.25, -0.2) is 0 Å². The minimum Gasteiger partial charge on any atom is -0.472 e. The quantitative estimate of drug-likeness (QED) is 0.249. The molecule has 0 N–H and O–H groups in total. The monoisotopic (exact) mass is 490 g/mol. The van der Waals surface area contributed by atoms with Crippen LogP contribution in [0.5, 0.6) is 0 Å². The molecule has 0 aromatic rings.